The fraction of sp³-hybridized carbons (Fsp3) is 0.400. The molecular weight excluding hydrogens is 490 g/mol. The van der Waals surface area contributed by atoms with Crippen LogP contribution in [0.25, 0.3) is 0 Å². The van der Waals surface area contributed by atoms with E-state index in [4.69, 9.17) is 5.14 Å². The van der Waals surface area contributed by atoms with E-state index in [1.807, 2.05) is 0 Å². The van der Waals surface area contributed by atoms with Gasteiger partial charge in [-0.25, -0.2) is 18.5 Å². The molecule has 0 radical (unpaired) electrons. The molecule has 1 saturated carbocycles. The van der Waals surface area contributed by atoms with Gasteiger partial charge in [0.05, 0.1) is 21.4 Å². The lowest BCUT2D eigenvalue weighted by atomic mass is 9.61. The second-order valence-electron chi connectivity index (χ2n) is 8.39. The van der Waals surface area contributed by atoms with Gasteiger partial charge in [0.1, 0.15) is 5.82 Å². The van der Waals surface area contributed by atoms with Crippen molar-refractivity contribution >= 4 is 27.4 Å². The minimum atomic E-state index is -4.86. The minimum absolute atomic E-state index is 0.0897. The number of hydrogen-bond donors (Lipinski definition) is 2. The first-order valence-corrected chi connectivity index (χ1v) is 11.5. The summed E-state index contributed by atoms with van der Waals surface area (Å²) >= 11 is 0. The van der Waals surface area contributed by atoms with E-state index in [1.165, 1.54) is 17.0 Å². The molecule has 1 aromatic heterocycles. The molecular formula is C20H18F6N4O3S. The van der Waals surface area contributed by atoms with E-state index in [0.29, 0.717) is 18.7 Å². The van der Waals surface area contributed by atoms with E-state index in [2.05, 4.69) is 10.3 Å². The van der Waals surface area contributed by atoms with Gasteiger partial charge in [-0.05, 0) is 43.0 Å². The first-order chi connectivity index (χ1) is 15.6. The zero-order valence-corrected chi connectivity index (χ0v) is 18.1. The number of nitrogens with one attached hydrogen (secondary N) is 1. The third-order valence-electron chi connectivity index (χ3n) is 6.36. The number of primary sulfonamides is 1. The van der Waals surface area contributed by atoms with Crippen molar-refractivity contribution in [3.8, 4) is 0 Å². The molecule has 0 spiro atoms. The average molecular weight is 508 g/mol. The van der Waals surface area contributed by atoms with Crippen molar-refractivity contribution in [2.24, 2.45) is 16.5 Å². The number of sulfonamides is 1. The lowest BCUT2D eigenvalue weighted by molar-refractivity contribution is -0.258. The highest BCUT2D eigenvalue weighted by atomic mass is 32.2. The topological polar surface area (TPSA) is 105 Å². The van der Waals surface area contributed by atoms with Gasteiger partial charge in [-0.3, -0.25) is 4.79 Å². The number of alkyl halides is 6. The van der Waals surface area contributed by atoms with Gasteiger partial charge in [0.15, 0.2) is 0 Å². The predicted octanol–water partition coefficient (Wildman–Crippen LogP) is 3.78. The van der Waals surface area contributed by atoms with Gasteiger partial charge in [-0.2, -0.15) is 26.3 Å². The van der Waals surface area contributed by atoms with Gasteiger partial charge in [0.25, 0.3) is 5.91 Å². The van der Waals surface area contributed by atoms with Gasteiger partial charge in [0.2, 0.25) is 10.0 Å². The Kier molecular flexibility index (Phi) is 5.59. The lowest BCUT2D eigenvalue weighted by Crippen LogP contribution is -2.51. The van der Waals surface area contributed by atoms with E-state index in [9.17, 15) is 39.6 Å². The molecule has 34 heavy (non-hydrogen) atoms. The summed E-state index contributed by atoms with van der Waals surface area (Å²) in [6.07, 6.45) is -8.70. The van der Waals surface area contributed by atoms with Gasteiger partial charge < -0.3 is 10.2 Å². The summed E-state index contributed by atoms with van der Waals surface area (Å²) in [4.78, 5) is 17.5. The van der Waals surface area contributed by atoms with Gasteiger partial charge in [-0.15, -0.1) is 0 Å². The predicted molar refractivity (Wildman–Crippen MR) is 108 cm³/mol. The smallest absolute Gasteiger partial charge is 0.355 e. The maximum atomic E-state index is 13.7. The van der Waals surface area contributed by atoms with E-state index in [0.717, 1.165) is 12.1 Å². The molecule has 14 heteroatoms. The highest BCUT2D eigenvalue weighted by molar-refractivity contribution is 7.89. The third-order valence-corrected chi connectivity index (χ3v) is 7.27. The van der Waals surface area contributed by atoms with Crippen LogP contribution in [0.4, 0.5) is 37.8 Å². The van der Waals surface area contributed by atoms with Gasteiger partial charge >= 0.3 is 12.4 Å². The zero-order valence-electron chi connectivity index (χ0n) is 17.2. The van der Waals surface area contributed by atoms with E-state index in [-0.39, 0.29) is 29.4 Å². The SMILES string of the molecule is NS(=O)(=O)c1cccc(NC(=O)c2cc(C(F)(F)F)cnc2N2C[C@H]3CC[C@@]3(C(F)(F)F)C2)c1. The Labute approximate surface area is 190 Å². The number of fused-ring (bicyclic) bond motifs is 1. The summed E-state index contributed by atoms with van der Waals surface area (Å²) in [5.74, 6) is -2.16. The number of pyridine rings is 1. The van der Waals surface area contributed by atoms with E-state index < -0.39 is 57.3 Å². The number of amides is 1. The van der Waals surface area contributed by atoms with Gasteiger partial charge in [0, 0.05) is 25.0 Å². The van der Waals surface area contributed by atoms with Crippen LogP contribution in [0, 0.1) is 11.3 Å². The van der Waals surface area contributed by atoms with Crippen LogP contribution < -0.4 is 15.4 Å². The first-order valence-electron chi connectivity index (χ1n) is 9.95. The molecule has 1 aliphatic carbocycles. The standard InChI is InChI=1S/C20H18F6N4O3S/c21-19(22,23)12-6-15(17(31)29-13-2-1-3-14(7-13)34(27,32)33)16(28-8-12)30-9-11-4-5-18(11,10-30)20(24,25)26/h1-3,6-8,11H,4-5,9-10H2,(H,29,31)(H2,27,32,33)/t11-,18-/m1/s1. The number of benzene rings is 1. The van der Waals surface area contributed by atoms with Crippen molar-refractivity contribution < 1.29 is 39.6 Å². The largest absolute Gasteiger partial charge is 0.417 e. The molecule has 2 aliphatic rings. The van der Waals surface area contributed by atoms with Crippen molar-refractivity contribution in [2.75, 3.05) is 23.3 Å². The zero-order chi connectivity index (χ0) is 25.1. The summed E-state index contributed by atoms with van der Waals surface area (Å²) in [7, 11) is -4.13. The first kappa shape index (κ1) is 24.3. The van der Waals surface area contributed by atoms with Crippen LogP contribution >= 0.6 is 0 Å². The number of nitrogens with zero attached hydrogens (tertiary/aromatic N) is 2. The Bertz CT molecular complexity index is 1250. The Morgan fingerprint density at radius 3 is 2.41 bits per heavy atom. The Morgan fingerprint density at radius 1 is 1.18 bits per heavy atom. The Balaban J connectivity index is 1.71. The molecule has 184 valence electrons. The number of nitrogens with two attached hydrogens (primary N) is 1. The highest BCUT2D eigenvalue weighted by Gasteiger charge is 2.67. The fourth-order valence-corrected chi connectivity index (χ4v) is 5.01. The molecule has 3 N–H and O–H groups in total. The van der Waals surface area contributed by atoms with E-state index in [1.54, 1.807) is 0 Å². The van der Waals surface area contributed by atoms with Crippen molar-refractivity contribution in [2.45, 2.75) is 30.1 Å². The Morgan fingerprint density at radius 2 is 1.88 bits per heavy atom. The van der Waals surface area contributed by atoms with Crippen molar-refractivity contribution in [1.29, 1.82) is 0 Å². The molecule has 2 aromatic rings. The van der Waals surface area contributed by atoms with Crippen LogP contribution in [0.2, 0.25) is 0 Å². The summed E-state index contributed by atoms with van der Waals surface area (Å²) < 4.78 is 104. The van der Waals surface area contributed by atoms with Crippen LogP contribution in [-0.2, 0) is 16.2 Å². The van der Waals surface area contributed by atoms with Crippen LogP contribution in [0.5, 0.6) is 0 Å². The lowest BCUT2D eigenvalue weighted by Gasteiger charge is -2.44. The monoisotopic (exact) mass is 508 g/mol. The van der Waals surface area contributed by atoms with Crippen LogP contribution in [0.15, 0.2) is 41.4 Å². The number of hydrogen-bond acceptors (Lipinski definition) is 5. The average Bonchev–Trinajstić information content (AvgIpc) is 2.97. The van der Waals surface area contributed by atoms with Crippen LogP contribution in [-0.4, -0.2) is 38.6 Å². The minimum Gasteiger partial charge on any atom is -0.355 e. The fourth-order valence-electron chi connectivity index (χ4n) is 4.45. The summed E-state index contributed by atoms with van der Waals surface area (Å²) in [5, 5.41) is 7.32. The molecule has 1 aliphatic heterocycles. The maximum Gasteiger partial charge on any atom is 0.417 e. The molecule has 1 amide bonds. The van der Waals surface area contributed by atoms with E-state index >= 15 is 0 Å². The highest BCUT2D eigenvalue weighted by Crippen LogP contribution is 2.61. The number of aromatic nitrogens is 1. The molecule has 1 saturated heterocycles. The van der Waals surface area contributed by atoms with Crippen molar-refractivity contribution in [1.82, 2.24) is 4.98 Å². The molecule has 0 bridgehead atoms. The second-order valence-corrected chi connectivity index (χ2v) is 9.95. The maximum absolute atomic E-state index is 13.7. The summed E-state index contributed by atoms with van der Waals surface area (Å²) in [6, 6.07) is 5.21. The number of carbonyl (C=O) groups excluding carboxylic acids is 1. The molecule has 7 nitrogen and oxygen atoms in total. The second kappa shape index (κ2) is 7.83. The van der Waals surface area contributed by atoms with Crippen molar-refractivity contribution in [3.63, 3.8) is 0 Å². The molecule has 2 heterocycles. The van der Waals surface area contributed by atoms with Crippen LogP contribution in [0.1, 0.15) is 28.8 Å². The molecule has 1 aromatic carbocycles. The molecule has 0 unspecified atom stereocenters. The van der Waals surface area contributed by atoms with Crippen LogP contribution in [0.3, 0.4) is 0 Å². The number of halogens is 6. The summed E-state index contributed by atoms with van der Waals surface area (Å²) in [6.45, 7) is -0.639. The molecule has 2 atom stereocenters. The van der Waals surface area contributed by atoms with Crippen molar-refractivity contribution in [3.05, 3.63) is 47.7 Å². The third kappa shape index (κ3) is 4.19. The number of anilines is 2. The summed E-state index contributed by atoms with van der Waals surface area (Å²) in [5.41, 5.74) is -3.93. The quantitative estimate of drug-likeness (QED) is 0.612. The Hall–Kier alpha value is -2.87. The molecule has 2 fully saturated rings. The number of rotatable bonds is 4. The number of carbonyl (C=O) groups is 1. The molecule has 4 rings (SSSR count). The van der Waals surface area contributed by atoms with Gasteiger partial charge in [-0.1, -0.05) is 6.07 Å². The normalized spacial score (nSPS) is 22.8.